The Hall–Kier alpha value is 0.190. The van der Waals surface area contributed by atoms with Crippen molar-refractivity contribution in [3.63, 3.8) is 0 Å². The van der Waals surface area contributed by atoms with Crippen LogP contribution in [0, 0.1) is 0 Å². The lowest BCUT2D eigenvalue weighted by Crippen LogP contribution is -2.32. The van der Waals surface area contributed by atoms with Crippen molar-refractivity contribution < 1.29 is 9.84 Å². The molecule has 17 heavy (non-hydrogen) atoms. The van der Waals surface area contributed by atoms with Crippen LogP contribution >= 0.6 is 11.8 Å². The average molecular weight is 264 g/mol. The summed E-state index contributed by atoms with van der Waals surface area (Å²) in [5, 5.41) is 7.00. The Labute approximate surface area is 110 Å². The molecule has 2 fully saturated rings. The van der Waals surface area contributed by atoms with E-state index in [0.29, 0.717) is 0 Å². The molecule has 0 unspecified atom stereocenters. The highest BCUT2D eigenvalue weighted by molar-refractivity contribution is 7.99. The fourth-order valence-corrected chi connectivity index (χ4v) is 2.55. The number of thioether (sulfide) groups is 1. The zero-order valence-corrected chi connectivity index (χ0v) is 12.3. The number of aliphatic hydroxyl groups excluding tert-OH is 1. The van der Waals surface area contributed by atoms with Crippen LogP contribution in [0.25, 0.3) is 0 Å². The van der Waals surface area contributed by atoms with Crippen LogP contribution in [0.1, 0.15) is 6.92 Å². The van der Waals surface area contributed by atoms with E-state index in [1.807, 2.05) is 0 Å². The van der Waals surface area contributed by atoms with Crippen molar-refractivity contribution in [3.05, 3.63) is 0 Å². The predicted molar refractivity (Wildman–Crippen MR) is 75.9 cm³/mol. The van der Waals surface area contributed by atoms with E-state index in [4.69, 9.17) is 9.84 Å². The zero-order valence-electron chi connectivity index (χ0n) is 11.5. The topological polar surface area (TPSA) is 35.9 Å². The third-order valence-electron chi connectivity index (χ3n) is 2.79. The van der Waals surface area contributed by atoms with Crippen LogP contribution in [0.15, 0.2) is 0 Å². The minimum atomic E-state index is 0.913. The van der Waals surface area contributed by atoms with Gasteiger partial charge in [0.15, 0.2) is 0 Å². The van der Waals surface area contributed by atoms with Crippen molar-refractivity contribution in [3.8, 4) is 0 Å². The van der Waals surface area contributed by atoms with E-state index in [0.717, 1.165) is 33.4 Å². The lowest BCUT2D eigenvalue weighted by molar-refractivity contribution is 0.0503. The first-order valence-corrected chi connectivity index (χ1v) is 7.49. The van der Waals surface area contributed by atoms with E-state index in [1.165, 1.54) is 31.1 Å². The summed E-state index contributed by atoms with van der Waals surface area (Å²) in [5.74, 6) is 2.68. The number of rotatable bonds is 1. The van der Waals surface area contributed by atoms with Gasteiger partial charge in [-0.1, -0.05) is 6.92 Å². The van der Waals surface area contributed by atoms with Crippen LogP contribution in [0.2, 0.25) is 0 Å². The molecule has 0 radical (unpaired) electrons. The van der Waals surface area contributed by atoms with Gasteiger partial charge in [0.1, 0.15) is 0 Å². The molecule has 2 saturated heterocycles. The Bertz CT molecular complexity index is 149. The largest absolute Gasteiger partial charge is 0.400 e. The molecule has 2 aliphatic rings. The van der Waals surface area contributed by atoms with Gasteiger partial charge in [0.2, 0.25) is 0 Å². The Morgan fingerprint density at radius 2 is 1.59 bits per heavy atom. The van der Waals surface area contributed by atoms with Crippen LogP contribution in [0.5, 0.6) is 0 Å². The molecule has 2 heterocycles. The second kappa shape index (κ2) is 12.6. The van der Waals surface area contributed by atoms with Crippen LogP contribution < -0.4 is 0 Å². The highest BCUT2D eigenvalue weighted by atomic mass is 32.2. The van der Waals surface area contributed by atoms with E-state index in [1.54, 1.807) is 0 Å². The van der Waals surface area contributed by atoms with Gasteiger partial charge >= 0.3 is 0 Å². The maximum Gasteiger partial charge on any atom is 0.0594 e. The van der Waals surface area contributed by atoms with Crippen molar-refractivity contribution >= 4 is 11.8 Å². The molecule has 4 nitrogen and oxygen atoms in total. The second-order valence-electron chi connectivity index (χ2n) is 3.96. The Balaban J connectivity index is 0.000000265. The van der Waals surface area contributed by atoms with Gasteiger partial charge in [-0.15, -0.1) is 0 Å². The molecule has 2 rings (SSSR count). The number of nitrogens with zero attached hydrogens (tertiary/aromatic N) is 2. The third-order valence-corrected chi connectivity index (χ3v) is 3.73. The molecule has 0 bridgehead atoms. The van der Waals surface area contributed by atoms with Crippen molar-refractivity contribution in [2.75, 3.05) is 71.6 Å². The van der Waals surface area contributed by atoms with Gasteiger partial charge in [-0.2, -0.15) is 11.8 Å². The van der Waals surface area contributed by atoms with Crippen LogP contribution in [-0.2, 0) is 4.74 Å². The Morgan fingerprint density at radius 3 is 1.88 bits per heavy atom. The first-order chi connectivity index (χ1) is 8.33. The van der Waals surface area contributed by atoms with Gasteiger partial charge in [0.25, 0.3) is 0 Å². The molecule has 0 atom stereocenters. The van der Waals surface area contributed by atoms with Crippen molar-refractivity contribution in [2.24, 2.45) is 0 Å². The van der Waals surface area contributed by atoms with Gasteiger partial charge in [-0.3, -0.25) is 0 Å². The van der Waals surface area contributed by atoms with E-state index < -0.39 is 0 Å². The van der Waals surface area contributed by atoms with Crippen LogP contribution in [0.4, 0.5) is 0 Å². The maximum absolute atomic E-state index is 7.00. The van der Waals surface area contributed by atoms with Crippen LogP contribution in [0.3, 0.4) is 0 Å². The monoisotopic (exact) mass is 264 g/mol. The molecule has 2 aliphatic heterocycles. The molecular formula is C12H28N2O2S. The quantitative estimate of drug-likeness (QED) is 0.751. The molecule has 0 aliphatic carbocycles. The summed E-state index contributed by atoms with van der Waals surface area (Å²) in [4.78, 5) is 4.76. The maximum atomic E-state index is 7.00. The second-order valence-corrected chi connectivity index (χ2v) is 5.19. The zero-order chi connectivity index (χ0) is 12.9. The minimum absolute atomic E-state index is 0.913. The number of ether oxygens (including phenoxy) is 1. The van der Waals surface area contributed by atoms with Crippen LogP contribution in [-0.4, -0.2) is 86.5 Å². The summed E-state index contributed by atoms with van der Waals surface area (Å²) >= 11 is 2.07. The third kappa shape index (κ3) is 9.85. The number of aliphatic hydroxyl groups is 1. The summed E-state index contributed by atoms with van der Waals surface area (Å²) < 4.78 is 5.10. The van der Waals surface area contributed by atoms with E-state index in [-0.39, 0.29) is 0 Å². The number of morpholine rings is 1. The van der Waals surface area contributed by atoms with Gasteiger partial charge in [-0.25, -0.2) is 0 Å². The molecule has 0 amide bonds. The van der Waals surface area contributed by atoms with Gasteiger partial charge in [0, 0.05) is 44.8 Å². The first kappa shape index (κ1) is 17.2. The molecule has 104 valence electrons. The Kier molecular flexibility index (Phi) is 12.8. The van der Waals surface area contributed by atoms with Crippen molar-refractivity contribution in [2.45, 2.75) is 6.92 Å². The molecule has 0 aromatic carbocycles. The average Bonchev–Trinajstić information content (AvgIpc) is 2.43. The smallest absolute Gasteiger partial charge is 0.0594 e. The fraction of sp³-hybridized carbons (Fsp3) is 1.00. The summed E-state index contributed by atoms with van der Waals surface area (Å²) in [6.45, 7) is 10.1. The molecule has 0 spiro atoms. The number of hydrogen-bond acceptors (Lipinski definition) is 5. The summed E-state index contributed by atoms with van der Waals surface area (Å²) in [6, 6.07) is 0. The van der Waals surface area contributed by atoms with Gasteiger partial charge in [-0.05, 0) is 13.6 Å². The lowest BCUT2D eigenvalue weighted by atomic mass is 10.5. The lowest BCUT2D eigenvalue weighted by Gasteiger charge is -2.23. The first-order valence-electron chi connectivity index (χ1n) is 6.34. The summed E-state index contributed by atoms with van der Waals surface area (Å²) in [7, 11) is 3.11. The van der Waals surface area contributed by atoms with E-state index in [9.17, 15) is 0 Å². The standard InChI is InChI=1S/C6H13NS.C5H11NO.CH4O/c1-2-7-3-5-8-6-4-7;1-6-2-4-7-5-3-6;1-2/h2-6H2,1H3;2-5H2,1H3;2H,1H3. The SMILES string of the molecule is CCN1CCSCC1.CN1CCOCC1.CO. The minimum Gasteiger partial charge on any atom is -0.400 e. The molecule has 0 saturated carbocycles. The number of likely N-dealkylation sites (N-methyl/N-ethyl adjacent to an activating group) is 1. The van der Waals surface area contributed by atoms with Crippen molar-refractivity contribution in [1.29, 1.82) is 0 Å². The Morgan fingerprint density at radius 1 is 1.06 bits per heavy atom. The molecule has 0 aromatic heterocycles. The predicted octanol–water partition coefficient (Wildman–Crippen LogP) is 0.612. The van der Waals surface area contributed by atoms with E-state index >= 15 is 0 Å². The molecule has 5 heteroatoms. The van der Waals surface area contributed by atoms with Crippen molar-refractivity contribution in [1.82, 2.24) is 9.80 Å². The van der Waals surface area contributed by atoms with Gasteiger partial charge < -0.3 is 19.6 Å². The molecule has 1 N–H and O–H groups in total. The summed E-state index contributed by atoms with van der Waals surface area (Å²) in [5.41, 5.74) is 0. The molecule has 0 aromatic rings. The highest BCUT2D eigenvalue weighted by Crippen LogP contribution is 2.07. The number of hydrogen-bond donors (Lipinski definition) is 1. The summed E-state index contributed by atoms with van der Waals surface area (Å²) in [6.07, 6.45) is 0. The highest BCUT2D eigenvalue weighted by Gasteiger charge is 2.06. The van der Waals surface area contributed by atoms with E-state index in [2.05, 4.69) is 35.5 Å². The normalized spacial score (nSPS) is 21.9. The fourth-order valence-electron chi connectivity index (χ4n) is 1.57. The molecular weight excluding hydrogens is 236 g/mol. The van der Waals surface area contributed by atoms with Gasteiger partial charge in [0.05, 0.1) is 13.2 Å².